The minimum atomic E-state index is -0.236. The first-order chi connectivity index (χ1) is 8.88. The molecular formula is C16H30N2O. The Hall–Kier alpha value is -0.570. The second-order valence-electron chi connectivity index (χ2n) is 7.50. The van der Waals surface area contributed by atoms with E-state index in [1.807, 2.05) is 20.8 Å². The minimum absolute atomic E-state index is 0.236. The molecule has 1 N–H and O–H groups in total. The van der Waals surface area contributed by atoms with Crippen molar-refractivity contribution in [2.24, 2.45) is 11.3 Å². The summed E-state index contributed by atoms with van der Waals surface area (Å²) in [6.45, 7) is 10.3. The van der Waals surface area contributed by atoms with Gasteiger partial charge in [-0.2, -0.15) is 0 Å². The molecule has 0 bridgehead atoms. The summed E-state index contributed by atoms with van der Waals surface area (Å²) in [6, 6.07) is 1.34. The Morgan fingerprint density at radius 3 is 2.21 bits per heavy atom. The second-order valence-corrected chi connectivity index (χ2v) is 7.50. The molecule has 0 aromatic rings. The van der Waals surface area contributed by atoms with Crippen LogP contribution in [0.15, 0.2) is 0 Å². The molecule has 2 rings (SSSR count). The number of rotatable bonds is 2. The number of hydrogen-bond donors (Lipinski definition) is 1. The molecule has 2 aliphatic rings. The highest BCUT2D eigenvalue weighted by Crippen LogP contribution is 2.27. The van der Waals surface area contributed by atoms with Gasteiger partial charge in [0.25, 0.3) is 0 Å². The van der Waals surface area contributed by atoms with Crippen molar-refractivity contribution in [3.8, 4) is 0 Å². The summed E-state index contributed by atoms with van der Waals surface area (Å²) in [4.78, 5) is 14.3. The van der Waals surface area contributed by atoms with Gasteiger partial charge in [0, 0.05) is 30.6 Å². The lowest BCUT2D eigenvalue weighted by Gasteiger charge is -2.37. The molecule has 0 aromatic heterocycles. The number of hydrogen-bond acceptors (Lipinski definition) is 2. The maximum Gasteiger partial charge on any atom is 0.227 e. The lowest BCUT2D eigenvalue weighted by Crippen LogP contribution is -2.50. The van der Waals surface area contributed by atoms with Crippen molar-refractivity contribution in [3.05, 3.63) is 0 Å². The van der Waals surface area contributed by atoms with E-state index in [9.17, 15) is 4.79 Å². The molecule has 110 valence electrons. The van der Waals surface area contributed by atoms with Crippen LogP contribution < -0.4 is 5.32 Å². The molecule has 3 nitrogen and oxygen atoms in total. The van der Waals surface area contributed by atoms with Crippen LogP contribution in [0.25, 0.3) is 0 Å². The topological polar surface area (TPSA) is 32.3 Å². The third-order valence-corrected chi connectivity index (χ3v) is 4.74. The fourth-order valence-corrected chi connectivity index (χ4v) is 3.42. The first kappa shape index (κ1) is 14.8. The van der Waals surface area contributed by atoms with Crippen LogP contribution in [0.5, 0.6) is 0 Å². The Morgan fingerprint density at radius 2 is 1.74 bits per heavy atom. The van der Waals surface area contributed by atoms with Crippen LogP contribution in [0.4, 0.5) is 0 Å². The highest BCUT2D eigenvalue weighted by atomic mass is 16.2. The molecule has 1 aliphatic heterocycles. The van der Waals surface area contributed by atoms with E-state index in [2.05, 4.69) is 17.1 Å². The van der Waals surface area contributed by atoms with Crippen molar-refractivity contribution in [1.82, 2.24) is 10.2 Å². The van der Waals surface area contributed by atoms with E-state index in [1.165, 1.54) is 19.3 Å². The minimum Gasteiger partial charge on any atom is -0.342 e. The fourth-order valence-electron chi connectivity index (χ4n) is 3.42. The van der Waals surface area contributed by atoms with Crippen molar-refractivity contribution in [2.75, 3.05) is 13.1 Å². The number of amides is 1. The monoisotopic (exact) mass is 266 g/mol. The van der Waals surface area contributed by atoms with Gasteiger partial charge in [0.1, 0.15) is 0 Å². The third kappa shape index (κ3) is 3.71. The summed E-state index contributed by atoms with van der Waals surface area (Å²) in [5, 5.41) is 3.83. The van der Waals surface area contributed by atoms with Crippen LogP contribution in [0.2, 0.25) is 0 Å². The van der Waals surface area contributed by atoms with Crippen molar-refractivity contribution < 1.29 is 4.79 Å². The van der Waals surface area contributed by atoms with Gasteiger partial charge in [0.2, 0.25) is 5.91 Å². The lowest BCUT2D eigenvalue weighted by atomic mass is 9.92. The zero-order chi connectivity index (χ0) is 14.0. The Labute approximate surface area is 118 Å². The molecule has 0 spiro atoms. The molecule has 0 aromatic carbocycles. The fraction of sp³-hybridized carbons (Fsp3) is 0.938. The largest absolute Gasteiger partial charge is 0.342 e. The van der Waals surface area contributed by atoms with Gasteiger partial charge in [-0.1, -0.05) is 34.1 Å². The zero-order valence-corrected chi connectivity index (χ0v) is 13.0. The summed E-state index contributed by atoms with van der Waals surface area (Å²) in [6.07, 6.45) is 6.32. The molecule has 1 heterocycles. The molecule has 2 fully saturated rings. The predicted molar refractivity (Wildman–Crippen MR) is 79.0 cm³/mol. The summed E-state index contributed by atoms with van der Waals surface area (Å²) in [7, 11) is 0. The molecule has 1 amide bonds. The van der Waals surface area contributed by atoms with E-state index in [1.54, 1.807) is 0 Å². The van der Waals surface area contributed by atoms with Gasteiger partial charge in [0.05, 0.1) is 0 Å². The maximum atomic E-state index is 12.2. The van der Waals surface area contributed by atoms with E-state index < -0.39 is 0 Å². The normalized spacial score (nSPS) is 29.8. The Morgan fingerprint density at radius 1 is 1.11 bits per heavy atom. The van der Waals surface area contributed by atoms with Crippen molar-refractivity contribution >= 4 is 5.91 Å². The third-order valence-electron chi connectivity index (χ3n) is 4.74. The SMILES string of the molecule is CC1CCCC1NC1CCN(C(=O)C(C)(C)C)CC1. The number of piperidine rings is 1. The van der Waals surface area contributed by atoms with Crippen LogP contribution in [-0.2, 0) is 4.79 Å². The molecule has 1 saturated heterocycles. The van der Waals surface area contributed by atoms with Gasteiger partial charge in [-0.05, 0) is 31.6 Å². The molecule has 0 radical (unpaired) electrons. The Kier molecular flexibility index (Phi) is 4.54. The number of likely N-dealkylation sites (tertiary alicyclic amines) is 1. The number of nitrogens with zero attached hydrogens (tertiary/aromatic N) is 1. The van der Waals surface area contributed by atoms with Gasteiger partial charge >= 0.3 is 0 Å². The van der Waals surface area contributed by atoms with Crippen LogP contribution in [0, 0.1) is 11.3 Å². The quantitative estimate of drug-likeness (QED) is 0.833. The highest BCUT2D eigenvalue weighted by molar-refractivity contribution is 5.81. The second kappa shape index (κ2) is 5.82. The molecule has 3 heteroatoms. The maximum absolute atomic E-state index is 12.2. The average Bonchev–Trinajstić information content (AvgIpc) is 2.74. The Bertz CT molecular complexity index is 313. The van der Waals surface area contributed by atoms with E-state index in [-0.39, 0.29) is 5.41 Å². The van der Waals surface area contributed by atoms with Gasteiger partial charge in [-0.15, -0.1) is 0 Å². The van der Waals surface area contributed by atoms with Crippen molar-refractivity contribution in [2.45, 2.75) is 71.9 Å². The van der Waals surface area contributed by atoms with Gasteiger partial charge in [-0.25, -0.2) is 0 Å². The van der Waals surface area contributed by atoms with E-state index in [4.69, 9.17) is 0 Å². The van der Waals surface area contributed by atoms with Crippen molar-refractivity contribution in [1.29, 1.82) is 0 Å². The van der Waals surface area contributed by atoms with Crippen LogP contribution in [0.1, 0.15) is 59.8 Å². The lowest BCUT2D eigenvalue weighted by molar-refractivity contribution is -0.140. The van der Waals surface area contributed by atoms with Crippen LogP contribution >= 0.6 is 0 Å². The van der Waals surface area contributed by atoms with E-state index in [0.717, 1.165) is 37.9 Å². The molecule has 1 aliphatic carbocycles. The number of nitrogens with one attached hydrogen (secondary N) is 1. The number of carbonyl (C=O) groups excluding carboxylic acids is 1. The van der Waals surface area contributed by atoms with Gasteiger partial charge < -0.3 is 10.2 Å². The van der Waals surface area contributed by atoms with Gasteiger partial charge in [-0.3, -0.25) is 4.79 Å². The van der Waals surface area contributed by atoms with Crippen LogP contribution in [-0.4, -0.2) is 36.0 Å². The first-order valence-corrected chi connectivity index (χ1v) is 7.93. The number of carbonyl (C=O) groups is 1. The standard InChI is InChI=1S/C16H30N2O/c1-12-6-5-7-14(12)17-13-8-10-18(11-9-13)15(19)16(2,3)4/h12-14,17H,5-11H2,1-4H3. The van der Waals surface area contributed by atoms with Gasteiger partial charge in [0.15, 0.2) is 0 Å². The highest BCUT2D eigenvalue weighted by Gasteiger charge is 2.32. The Balaban J connectivity index is 1.78. The van der Waals surface area contributed by atoms with Crippen LogP contribution in [0.3, 0.4) is 0 Å². The summed E-state index contributed by atoms with van der Waals surface area (Å²) >= 11 is 0. The predicted octanol–water partition coefficient (Wildman–Crippen LogP) is 2.80. The molecule has 2 unspecified atom stereocenters. The zero-order valence-electron chi connectivity index (χ0n) is 13.0. The average molecular weight is 266 g/mol. The molecule has 2 atom stereocenters. The summed E-state index contributed by atoms with van der Waals surface area (Å²) in [5.74, 6) is 1.13. The summed E-state index contributed by atoms with van der Waals surface area (Å²) < 4.78 is 0. The smallest absolute Gasteiger partial charge is 0.227 e. The van der Waals surface area contributed by atoms with E-state index >= 15 is 0 Å². The summed E-state index contributed by atoms with van der Waals surface area (Å²) in [5.41, 5.74) is -0.236. The first-order valence-electron chi connectivity index (χ1n) is 7.93. The van der Waals surface area contributed by atoms with Crippen molar-refractivity contribution in [3.63, 3.8) is 0 Å². The molecular weight excluding hydrogens is 236 g/mol. The molecule has 1 saturated carbocycles. The van der Waals surface area contributed by atoms with E-state index in [0.29, 0.717) is 11.9 Å². The molecule has 19 heavy (non-hydrogen) atoms.